The first kappa shape index (κ1) is 50.8. The van der Waals surface area contributed by atoms with Gasteiger partial charge in [0.1, 0.15) is 24.3 Å². The van der Waals surface area contributed by atoms with Gasteiger partial charge in [0.15, 0.2) is 23.3 Å². The predicted molar refractivity (Wildman–Crippen MR) is 246 cm³/mol. The van der Waals surface area contributed by atoms with Crippen LogP contribution in [0.4, 0.5) is 18.9 Å². The quantitative estimate of drug-likeness (QED) is 0.113. The summed E-state index contributed by atoms with van der Waals surface area (Å²) in [7, 11) is 0. The molecule has 4 fully saturated rings. The summed E-state index contributed by atoms with van der Waals surface area (Å²) in [6.45, 7) is 6.01. The van der Waals surface area contributed by atoms with Crippen LogP contribution in [-0.4, -0.2) is 110 Å². The molecule has 366 valence electrons. The van der Waals surface area contributed by atoms with Crippen molar-refractivity contribution in [2.24, 2.45) is 22.7 Å². The number of hydrogen-bond donors (Lipinski definition) is 7. The van der Waals surface area contributed by atoms with Crippen LogP contribution in [0.3, 0.4) is 0 Å². The number of benzene rings is 2. The molecule has 20 heteroatoms. The zero-order valence-corrected chi connectivity index (χ0v) is 39.5. The maximum atomic E-state index is 17.8. The highest BCUT2D eigenvalue weighted by atomic mass is 32.2. The number of hydrogen-bond acceptors (Lipinski definition) is 12. The monoisotopic (exact) mass is 984 g/mol. The molecule has 68 heavy (non-hydrogen) atoms. The number of anilines is 1. The van der Waals surface area contributed by atoms with E-state index in [-0.39, 0.29) is 37.8 Å². The Labute approximate surface area is 400 Å². The first-order valence-electron chi connectivity index (χ1n) is 22.4. The fourth-order valence-electron chi connectivity index (χ4n) is 11.1. The van der Waals surface area contributed by atoms with Gasteiger partial charge >= 0.3 is 5.97 Å². The number of carboxylic acids is 1. The number of ketones is 1. The average Bonchev–Trinajstić information content (AvgIpc) is 3.78. The van der Waals surface area contributed by atoms with Crippen LogP contribution in [0.25, 0.3) is 0 Å². The molecule has 0 spiro atoms. The Morgan fingerprint density at radius 2 is 1.66 bits per heavy atom. The third kappa shape index (κ3) is 9.25. The topological polar surface area (TPSA) is 227 Å². The minimum atomic E-state index is -2.38. The van der Waals surface area contributed by atoms with E-state index in [0.717, 1.165) is 17.2 Å². The maximum Gasteiger partial charge on any atom is 0.304 e. The van der Waals surface area contributed by atoms with Crippen LogP contribution in [0.2, 0.25) is 0 Å². The molecule has 0 bridgehead atoms. The normalized spacial score (nSPS) is 32.5. The van der Waals surface area contributed by atoms with Gasteiger partial charge in [0, 0.05) is 41.0 Å². The van der Waals surface area contributed by atoms with E-state index in [4.69, 9.17) is 14.6 Å². The zero-order chi connectivity index (χ0) is 49.5. The van der Waals surface area contributed by atoms with Crippen LogP contribution in [-0.2, 0) is 49.5 Å². The molecule has 2 unspecified atom stereocenters. The third-order valence-electron chi connectivity index (χ3n) is 14.6. The highest BCUT2D eigenvalue weighted by molar-refractivity contribution is 8.13. The summed E-state index contributed by atoms with van der Waals surface area (Å²) in [6.07, 6.45) is -2.49. The summed E-state index contributed by atoms with van der Waals surface area (Å²) in [5, 5.41) is 29.1. The summed E-state index contributed by atoms with van der Waals surface area (Å²) >= 11 is 4.33. The number of amides is 4. The number of nitrogens with one attached hydrogen (secondary N) is 4. The highest BCUT2D eigenvalue weighted by Gasteiger charge is 2.80. The summed E-state index contributed by atoms with van der Waals surface area (Å²) in [5.41, 5.74) is -4.42. The Hall–Kier alpha value is -5.02. The number of allylic oxidation sites excluding steroid dienone is 4. The van der Waals surface area contributed by atoms with Crippen LogP contribution >= 0.6 is 24.4 Å². The number of aliphatic hydroxyl groups is 1. The van der Waals surface area contributed by atoms with Crippen molar-refractivity contribution in [1.29, 1.82) is 0 Å². The lowest BCUT2D eigenvalue weighted by atomic mass is 9.44. The Balaban J connectivity index is 0.957. The van der Waals surface area contributed by atoms with Gasteiger partial charge in [-0.15, -0.1) is 0 Å². The second-order valence-corrected chi connectivity index (χ2v) is 20.2. The molecular formula is C48H55F3N4O11S2. The van der Waals surface area contributed by atoms with E-state index < -0.39 is 129 Å². The molecule has 2 aromatic rings. The summed E-state index contributed by atoms with van der Waals surface area (Å²) in [5.74, 6) is -5.81. The smallest absolute Gasteiger partial charge is 0.304 e. The fraction of sp³-hybridized carbons (Fsp3) is 0.521. The van der Waals surface area contributed by atoms with Crippen molar-refractivity contribution in [3.05, 3.63) is 89.0 Å². The van der Waals surface area contributed by atoms with Crippen LogP contribution in [0.15, 0.2) is 72.3 Å². The predicted octanol–water partition coefficient (Wildman–Crippen LogP) is 4.77. The Bertz CT molecular complexity index is 2430. The average molecular weight is 985 g/mol. The van der Waals surface area contributed by atoms with Crippen molar-refractivity contribution in [3.63, 3.8) is 0 Å². The molecule has 1 saturated heterocycles. The second kappa shape index (κ2) is 19.8. The lowest BCUT2D eigenvalue weighted by molar-refractivity contribution is -0.232. The molecule has 1 heterocycles. The van der Waals surface area contributed by atoms with Crippen molar-refractivity contribution in [3.8, 4) is 0 Å². The number of aliphatic carboxylic acids is 1. The second-order valence-electron chi connectivity index (χ2n) is 18.7. The zero-order valence-electron chi connectivity index (χ0n) is 37.8. The number of ether oxygens (including phenoxy) is 2. The van der Waals surface area contributed by atoms with Crippen molar-refractivity contribution in [2.45, 2.75) is 119 Å². The lowest BCUT2D eigenvalue weighted by Crippen LogP contribution is -2.70. The number of carboxylic acid groups (broad SMARTS) is 1. The van der Waals surface area contributed by atoms with E-state index in [1.165, 1.54) is 32.9 Å². The molecule has 1 aliphatic heterocycles. The van der Waals surface area contributed by atoms with E-state index >= 15 is 8.78 Å². The van der Waals surface area contributed by atoms with Crippen LogP contribution in [0, 0.1) is 22.7 Å². The lowest BCUT2D eigenvalue weighted by Gasteiger charge is -2.63. The Kier molecular flexibility index (Phi) is 14.8. The fourth-order valence-corrected chi connectivity index (χ4v) is 12.1. The van der Waals surface area contributed by atoms with Crippen molar-refractivity contribution >= 4 is 70.6 Å². The summed E-state index contributed by atoms with van der Waals surface area (Å²) in [4.78, 5) is 87.3. The summed E-state index contributed by atoms with van der Waals surface area (Å²) in [6, 6.07) is 11.2. The van der Waals surface area contributed by atoms with E-state index in [0.29, 0.717) is 29.4 Å². The number of thioether (sulfide) groups is 1. The Morgan fingerprint density at radius 1 is 0.956 bits per heavy atom. The van der Waals surface area contributed by atoms with Crippen molar-refractivity contribution in [2.75, 3.05) is 17.9 Å². The molecule has 15 nitrogen and oxygen atoms in total. The largest absolute Gasteiger partial charge is 0.481 e. The molecule has 7 rings (SSSR count). The third-order valence-corrected chi connectivity index (χ3v) is 15.6. The van der Waals surface area contributed by atoms with E-state index in [1.807, 2.05) is 18.2 Å². The maximum absolute atomic E-state index is 17.8. The molecule has 0 aromatic heterocycles. The molecule has 2 aromatic carbocycles. The van der Waals surface area contributed by atoms with Crippen molar-refractivity contribution in [1.82, 2.24) is 16.0 Å². The molecule has 6 N–H and O–H groups in total. The van der Waals surface area contributed by atoms with E-state index in [9.17, 15) is 43.1 Å². The van der Waals surface area contributed by atoms with Crippen LogP contribution in [0.1, 0.15) is 82.8 Å². The van der Waals surface area contributed by atoms with Gasteiger partial charge in [0.25, 0.3) is 0 Å². The van der Waals surface area contributed by atoms with E-state index in [2.05, 4.69) is 33.9 Å². The molecule has 13 atom stereocenters. The van der Waals surface area contributed by atoms with Gasteiger partial charge in [0.05, 0.1) is 23.9 Å². The van der Waals surface area contributed by atoms with Gasteiger partial charge in [-0.2, -0.15) is 12.6 Å². The Morgan fingerprint density at radius 3 is 2.35 bits per heavy atom. The van der Waals surface area contributed by atoms with Gasteiger partial charge in [-0.25, -0.2) is 13.2 Å². The minimum absolute atomic E-state index is 0.0185. The van der Waals surface area contributed by atoms with Crippen LogP contribution < -0.4 is 21.3 Å². The standard InChI is InChI=1S/C48H55F3N4O11S2/c1-24(53-38(58)13-15-52-42(63)35(67)21-39(59)60)40(61)54-25(2)41(62)55-29-7-5-6-27(17-29)16-26-8-10-28(11-9-26)43-65-37-20-31-32-19-34(50)33-18-30(56)12-14-45(33,3)47(32,51)36(57)22-46(31,4)48(37,66-43)44(64)68-23-49/h5-12,14,17-18,24-25,31-32,34-37,43,57,67H,13,15-16,19-23H2,1-4H3,(H,52,63)(H,53,58)(H,54,61)(H,55,62)(H,59,60)/t24-,25-,31?,32-,34-,35?,36-,37+,43+,45-,46-,47-,48-/m0/s1. The minimum Gasteiger partial charge on any atom is -0.481 e. The molecule has 0 radical (unpaired) electrons. The molecule has 3 saturated carbocycles. The number of rotatable bonds is 16. The number of thiol groups is 1. The number of carbonyl (C=O) groups excluding carboxylic acids is 6. The van der Waals surface area contributed by atoms with Gasteiger partial charge < -0.3 is 41.0 Å². The van der Waals surface area contributed by atoms with E-state index in [1.54, 1.807) is 37.3 Å². The molecular weight excluding hydrogens is 930 g/mol. The molecule has 5 aliphatic rings. The van der Waals surface area contributed by atoms with Gasteiger partial charge in [-0.05, 0) is 93.4 Å². The van der Waals surface area contributed by atoms with Gasteiger partial charge in [-0.3, -0.25) is 33.6 Å². The van der Waals surface area contributed by atoms with Crippen molar-refractivity contribution < 1.29 is 66.4 Å². The number of aliphatic hydroxyl groups excluding tert-OH is 1. The number of halogens is 3. The van der Waals surface area contributed by atoms with Gasteiger partial charge in [-0.1, -0.05) is 61.2 Å². The highest BCUT2D eigenvalue weighted by Crippen LogP contribution is 2.73. The SMILES string of the molecule is C[C@H](NC(=O)CCNC(=O)C(S)CC(=O)O)C(=O)N[C@@H](C)C(=O)Nc1cccc(Cc2ccc([C@@H]3O[C@@H]4CC5[C@@H]6C[C@H](F)C7=CC(=O)C=C[C@]7(C)[C@@]6(F)[C@@H](O)C[C@]5(C)[C@]4(C(=O)SCF)O3)cc2)c1. The number of fused-ring (bicyclic) bond motifs is 7. The number of alkyl halides is 3. The van der Waals surface area contributed by atoms with Crippen LogP contribution in [0.5, 0.6) is 0 Å². The first-order chi connectivity index (χ1) is 32.1. The number of carbonyl (C=O) groups is 7. The molecule has 4 aliphatic carbocycles. The summed E-state index contributed by atoms with van der Waals surface area (Å²) < 4.78 is 60.9. The molecule has 4 amide bonds. The first-order valence-corrected chi connectivity index (χ1v) is 23.9. The van der Waals surface area contributed by atoms with Gasteiger partial charge in [0.2, 0.25) is 28.7 Å².